The van der Waals surface area contributed by atoms with E-state index in [4.69, 9.17) is 0 Å². The van der Waals surface area contributed by atoms with Gasteiger partial charge in [0.05, 0.1) is 4.88 Å². The van der Waals surface area contributed by atoms with Gasteiger partial charge in [-0.2, -0.15) is 5.10 Å². The van der Waals surface area contributed by atoms with Crippen molar-refractivity contribution in [3.63, 3.8) is 0 Å². The Kier molecular flexibility index (Phi) is 5.23. The van der Waals surface area contributed by atoms with Crippen LogP contribution in [-0.4, -0.2) is 34.7 Å². The van der Waals surface area contributed by atoms with Crippen molar-refractivity contribution in [3.05, 3.63) is 65.1 Å². The molecule has 3 N–H and O–H groups in total. The van der Waals surface area contributed by atoms with Crippen LogP contribution in [0.3, 0.4) is 0 Å². The zero-order chi connectivity index (χ0) is 19.4. The molecule has 1 fully saturated rings. The standard InChI is InChI=1S/C20H21N5O2S/c26-18(17-3-1-14-28-17)23-15-4-6-16(7-5-15)24-19(27)20(8-11-21-12-9-20)25-13-2-10-22-25/h1-7,10,13-14,21H,8-9,11-12H2,(H,23,26)(H,24,27). The number of nitrogens with one attached hydrogen (secondary N) is 3. The van der Waals surface area contributed by atoms with E-state index in [1.807, 2.05) is 23.7 Å². The minimum absolute atomic E-state index is 0.0759. The topological polar surface area (TPSA) is 88.1 Å². The number of amides is 2. The zero-order valence-corrected chi connectivity index (χ0v) is 16.0. The molecule has 1 aliphatic heterocycles. The van der Waals surface area contributed by atoms with E-state index < -0.39 is 5.54 Å². The van der Waals surface area contributed by atoms with Gasteiger partial charge in [0, 0.05) is 23.8 Å². The Labute approximate surface area is 166 Å². The van der Waals surface area contributed by atoms with Crippen LogP contribution in [0, 0.1) is 0 Å². The minimum Gasteiger partial charge on any atom is -0.324 e. The SMILES string of the molecule is O=C(Nc1ccc(NC(=O)C2(n3cccn3)CCNCC2)cc1)c1cccs1. The predicted octanol–water partition coefficient (Wildman–Crippen LogP) is 2.91. The first-order valence-corrected chi connectivity index (χ1v) is 10.0. The highest BCUT2D eigenvalue weighted by atomic mass is 32.1. The number of anilines is 2. The van der Waals surface area contributed by atoms with Crippen molar-refractivity contribution in [2.45, 2.75) is 18.4 Å². The number of carbonyl (C=O) groups excluding carboxylic acids is 2. The van der Waals surface area contributed by atoms with Crippen molar-refractivity contribution < 1.29 is 9.59 Å². The molecule has 0 unspecified atom stereocenters. The summed E-state index contributed by atoms with van der Waals surface area (Å²) in [5.74, 6) is -0.216. The van der Waals surface area contributed by atoms with Crippen LogP contribution in [0.1, 0.15) is 22.5 Å². The van der Waals surface area contributed by atoms with E-state index in [1.54, 1.807) is 41.2 Å². The van der Waals surface area contributed by atoms with Gasteiger partial charge in [-0.05, 0) is 67.7 Å². The van der Waals surface area contributed by atoms with Crippen molar-refractivity contribution in [1.29, 1.82) is 0 Å². The summed E-state index contributed by atoms with van der Waals surface area (Å²) in [5.41, 5.74) is 0.671. The van der Waals surface area contributed by atoms with Gasteiger partial charge in [-0.25, -0.2) is 0 Å². The van der Waals surface area contributed by atoms with Gasteiger partial charge in [-0.3, -0.25) is 14.3 Å². The van der Waals surface area contributed by atoms with E-state index in [-0.39, 0.29) is 11.8 Å². The Morgan fingerprint density at radius 3 is 2.36 bits per heavy atom. The highest BCUT2D eigenvalue weighted by Gasteiger charge is 2.42. The van der Waals surface area contributed by atoms with Crippen LogP contribution in [-0.2, 0) is 10.3 Å². The third kappa shape index (κ3) is 3.69. The Bertz CT molecular complexity index is 930. The molecule has 0 atom stereocenters. The number of piperidine rings is 1. The van der Waals surface area contributed by atoms with Crippen LogP contribution in [0.4, 0.5) is 11.4 Å². The highest BCUT2D eigenvalue weighted by Crippen LogP contribution is 2.29. The van der Waals surface area contributed by atoms with Gasteiger partial charge >= 0.3 is 0 Å². The average Bonchev–Trinajstić information content (AvgIpc) is 3.44. The lowest BCUT2D eigenvalue weighted by atomic mass is 9.87. The molecule has 3 heterocycles. The molecule has 2 amide bonds. The molecule has 7 nitrogen and oxygen atoms in total. The van der Waals surface area contributed by atoms with E-state index in [0.29, 0.717) is 29.1 Å². The van der Waals surface area contributed by atoms with E-state index in [9.17, 15) is 9.59 Å². The Balaban J connectivity index is 1.46. The zero-order valence-electron chi connectivity index (χ0n) is 15.2. The van der Waals surface area contributed by atoms with E-state index in [1.165, 1.54) is 11.3 Å². The van der Waals surface area contributed by atoms with Gasteiger partial charge in [-0.15, -0.1) is 11.3 Å². The number of benzene rings is 1. The average molecular weight is 395 g/mol. The van der Waals surface area contributed by atoms with Crippen molar-refractivity contribution in [3.8, 4) is 0 Å². The van der Waals surface area contributed by atoms with Crippen LogP contribution >= 0.6 is 11.3 Å². The van der Waals surface area contributed by atoms with Gasteiger partial charge in [0.15, 0.2) is 0 Å². The lowest BCUT2D eigenvalue weighted by Crippen LogP contribution is -2.52. The molecule has 0 spiro atoms. The predicted molar refractivity (Wildman–Crippen MR) is 110 cm³/mol. The van der Waals surface area contributed by atoms with Gasteiger partial charge < -0.3 is 16.0 Å². The molecule has 0 saturated carbocycles. The summed E-state index contributed by atoms with van der Waals surface area (Å²) in [7, 11) is 0. The molecule has 1 aliphatic rings. The number of carbonyl (C=O) groups is 2. The maximum Gasteiger partial charge on any atom is 0.265 e. The van der Waals surface area contributed by atoms with Crippen molar-refractivity contribution >= 4 is 34.5 Å². The van der Waals surface area contributed by atoms with Crippen molar-refractivity contribution in [2.24, 2.45) is 0 Å². The summed E-state index contributed by atoms with van der Waals surface area (Å²) in [6.07, 6.45) is 4.89. The molecule has 0 radical (unpaired) electrons. The lowest BCUT2D eigenvalue weighted by Gasteiger charge is -2.36. The first-order chi connectivity index (χ1) is 13.7. The van der Waals surface area contributed by atoms with Crippen LogP contribution in [0.5, 0.6) is 0 Å². The fraction of sp³-hybridized carbons (Fsp3) is 0.250. The molecule has 28 heavy (non-hydrogen) atoms. The maximum absolute atomic E-state index is 13.1. The van der Waals surface area contributed by atoms with Gasteiger partial charge in [0.25, 0.3) is 11.8 Å². The van der Waals surface area contributed by atoms with Gasteiger partial charge in [-0.1, -0.05) is 6.07 Å². The number of hydrogen-bond donors (Lipinski definition) is 3. The van der Waals surface area contributed by atoms with E-state index >= 15 is 0 Å². The normalized spacial score (nSPS) is 15.7. The second-order valence-corrected chi connectivity index (χ2v) is 7.64. The molecule has 1 saturated heterocycles. The molecule has 144 valence electrons. The molecule has 2 aromatic heterocycles. The monoisotopic (exact) mass is 395 g/mol. The fourth-order valence-electron chi connectivity index (χ4n) is 3.41. The molecule has 3 aromatic rings. The van der Waals surface area contributed by atoms with Crippen molar-refractivity contribution in [1.82, 2.24) is 15.1 Å². The maximum atomic E-state index is 13.1. The largest absolute Gasteiger partial charge is 0.324 e. The number of hydrogen-bond acceptors (Lipinski definition) is 5. The Hall–Kier alpha value is -2.97. The number of thiophene rings is 1. The van der Waals surface area contributed by atoms with Gasteiger partial charge in [0.1, 0.15) is 5.54 Å². The Morgan fingerprint density at radius 1 is 1.04 bits per heavy atom. The summed E-state index contributed by atoms with van der Waals surface area (Å²) < 4.78 is 1.76. The van der Waals surface area contributed by atoms with E-state index in [0.717, 1.165) is 13.1 Å². The first-order valence-electron chi connectivity index (χ1n) is 9.15. The minimum atomic E-state index is -0.694. The number of nitrogens with zero attached hydrogens (tertiary/aromatic N) is 2. The molecule has 4 rings (SSSR count). The first kappa shape index (κ1) is 18.4. The van der Waals surface area contributed by atoms with Crippen molar-refractivity contribution in [2.75, 3.05) is 23.7 Å². The number of rotatable bonds is 5. The molecule has 0 aliphatic carbocycles. The quantitative estimate of drug-likeness (QED) is 0.620. The summed E-state index contributed by atoms with van der Waals surface area (Å²) in [6, 6.07) is 12.6. The Morgan fingerprint density at radius 2 is 1.75 bits per heavy atom. The van der Waals surface area contributed by atoms with Crippen LogP contribution in [0.2, 0.25) is 0 Å². The smallest absolute Gasteiger partial charge is 0.265 e. The second kappa shape index (κ2) is 7.95. The lowest BCUT2D eigenvalue weighted by molar-refractivity contribution is -0.126. The molecule has 8 heteroatoms. The summed E-state index contributed by atoms with van der Waals surface area (Å²) in [4.78, 5) is 25.9. The van der Waals surface area contributed by atoms with Gasteiger partial charge in [0.2, 0.25) is 0 Å². The second-order valence-electron chi connectivity index (χ2n) is 6.70. The fourth-order valence-corrected chi connectivity index (χ4v) is 4.03. The summed E-state index contributed by atoms with van der Waals surface area (Å²) >= 11 is 1.39. The van der Waals surface area contributed by atoms with Crippen LogP contribution < -0.4 is 16.0 Å². The number of aromatic nitrogens is 2. The molecule has 0 bridgehead atoms. The van der Waals surface area contributed by atoms with Crippen LogP contribution in [0.25, 0.3) is 0 Å². The highest BCUT2D eigenvalue weighted by molar-refractivity contribution is 7.12. The third-order valence-electron chi connectivity index (χ3n) is 4.94. The van der Waals surface area contributed by atoms with Crippen LogP contribution in [0.15, 0.2) is 60.2 Å². The molecular weight excluding hydrogens is 374 g/mol. The molecular formula is C20H21N5O2S. The third-order valence-corrected chi connectivity index (χ3v) is 5.81. The molecule has 1 aromatic carbocycles. The van der Waals surface area contributed by atoms with E-state index in [2.05, 4.69) is 21.0 Å². The summed E-state index contributed by atoms with van der Waals surface area (Å²) in [6.45, 7) is 1.53. The summed E-state index contributed by atoms with van der Waals surface area (Å²) in [5, 5.41) is 15.4.